The van der Waals surface area contributed by atoms with Crippen LogP contribution in [0, 0.1) is 6.92 Å². The monoisotopic (exact) mass is 352 g/mol. The normalized spacial score (nSPS) is 10.6. The van der Waals surface area contributed by atoms with Gasteiger partial charge in [-0.1, -0.05) is 35.9 Å². The highest BCUT2D eigenvalue weighted by Crippen LogP contribution is 2.24. The maximum absolute atomic E-state index is 6.16. The van der Waals surface area contributed by atoms with Crippen molar-refractivity contribution in [2.75, 3.05) is 0 Å². The fraction of sp³-hybridized carbons (Fsp3) is 0.190. The zero-order chi connectivity index (χ0) is 17.5. The minimum Gasteiger partial charge on any atom is -0.489 e. The highest BCUT2D eigenvalue weighted by molar-refractivity contribution is 6.30. The van der Waals surface area contributed by atoms with Crippen LogP contribution in [0.25, 0.3) is 0 Å². The van der Waals surface area contributed by atoms with Crippen LogP contribution in [-0.4, -0.2) is 4.98 Å². The van der Waals surface area contributed by atoms with E-state index in [-0.39, 0.29) is 0 Å². The zero-order valence-electron chi connectivity index (χ0n) is 14.2. The van der Waals surface area contributed by atoms with Crippen LogP contribution >= 0.6 is 11.6 Å². The van der Waals surface area contributed by atoms with Crippen molar-refractivity contribution >= 4 is 11.6 Å². The third kappa shape index (κ3) is 5.05. The molecule has 0 radical (unpaired) electrons. The van der Waals surface area contributed by atoms with Gasteiger partial charge in [0.25, 0.3) is 0 Å². The number of halogens is 1. The minimum atomic E-state index is 0.547. The maximum Gasteiger partial charge on any atom is 0.124 e. The van der Waals surface area contributed by atoms with Gasteiger partial charge in [0.1, 0.15) is 12.4 Å². The largest absolute Gasteiger partial charge is 0.489 e. The molecule has 0 saturated carbocycles. The number of ether oxygens (including phenoxy) is 1. The Morgan fingerprint density at radius 3 is 2.56 bits per heavy atom. The standard InChI is InChI=1S/C21H21ClN2O/c1-16-4-2-3-5-18(16)15-25-21-7-6-20(22)12-19(21)14-24-13-17-8-10-23-11-9-17/h2-12,24H,13-15H2,1H3. The lowest BCUT2D eigenvalue weighted by Gasteiger charge is -2.14. The van der Waals surface area contributed by atoms with Crippen molar-refractivity contribution in [1.82, 2.24) is 10.3 Å². The van der Waals surface area contributed by atoms with Crippen molar-refractivity contribution < 1.29 is 4.74 Å². The highest BCUT2D eigenvalue weighted by atomic mass is 35.5. The quantitative estimate of drug-likeness (QED) is 0.655. The number of hydrogen-bond donors (Lipinski definition) is 1. The number of nitrogens with zero attached hydrogens (tertiary/aromatic N) is 1. The van der Waals surface area contributed by atoms with Crippen molar-refractivity contribution in [2.45, 2.75) is 26.6 Å². The summed E-state index contributed by atoms with van der Waals surface area (Å²) >= 11 is 6.16. The molecule has 4 heteroatoms. The van der Waals surface area contributed by atoms with Crippen molar-refractivity contribution in [3.8, 4) is 5.75 Å². The van der Waals surface area contributed by atoms with Crippen molar-refractivity contribution in [3.63, 3.8) is 0 Å². The Hall–Kier alpha value is -2.36. The van der Waals surface area contributed by atoms with Crippen LogP contribution in [0.1, 0.15) is 22.3 Å². The predicted octanol–water partition coefficient (Wildman–Crippen LogP) is 4.91. The van der Waals surface area contributed by atoms with Gasteiger partial charge in [0.15, 0.2) is 0 Å². The summed E-state index contributed by atoms with van der Waals surface area (Å²) in [6.45, 7) is 4.10. The Morgan fingerprint density at radius 1 is 0.960 bits per heavy atom. The number of nitrogens with one attached hydrogen (secondary N) is 1. The second-order valence-corrected chi connectivity index (χ2v) is 6.36. The van der Waals surface area contributed by atoms with Gasteiger partial charge in [0, 0.05) is 36.1 Å². The summed E-state index contributed by atoms with van der Waals surface area (Å²) in [5.41, 5.74) is 4.66. The molecule has 128 valence electrons. The number of benzene rings is 2. The number of hydrogen-bond acceptors (Lipinski definition) is 3. The summed E-state index contributed by atoms with van der Waals surface area (Å²) < 4.78 is 6.05. The Labute approximate surface area is 153 Å². The Morgan fingerprint density at radius 2 is 1.76 bits per heavy atom. The van der Waals surface area contributed by atoms with Crippen LogP contribution in [0.15, 0.2) is 67.0 Å². The molecule has 3 aromatic rings. The number of aromatic nitrogens is 1. The van der Waals surface area contributed by atoms with E-state index >= 15 is 0 Å². The highest BCUT2D eigenvalue weighted by Gasteiger charge is 2.06. The van der Waals surface area contributed by atoms with E-state index in [2.05, 4.69) is 29.4 Å². The van der Waals surface area contributed by atoms with E-state index in [1.807, 2.05) is 42.5 Å². The summed E-state index contributed by atoms with van der Waals surface area (Å²) in [7, 11) is 0. The summed E-state index contributed by atoms with van der Waals surface area (Å²) in [4.78, 5) is 4.03. The first-order chi connectivity index (χ1) is 12.2. The van der Waals surface area contributed by atoms with E-state index in [1.54, 1.807) is 12.4 Å². The molecular weight excluding hydrogens is 332 g/mol. The zero-order valence-corrected chi connectivity index (χ0v) is 15.0. The topological polar surface area (TPSA) is 34.1 Å². The van der Waals surface area contributed by atoms with Gasteiger partial charge in [-0.25, -0.2) is 0 Å². The average molecular weight is 353 g/mol. The molecule has 0 aliphatic carbocycles. The molecule has 25 heavy (non-hydrogen) atoms. The van der Waals surface area contributed by atoms with E-state index in [1.165, 1.54) is 16.7 Å². The van der Waals surface area contributed by atoms with E-state index in [9.17, 15) is 0 Å². The Balaban J connectivity index is 1.64. The summed E-state index contributed by atoms with van der Waals surface area (Å²) in [5, 5.41) is 4.14. The lowest BCUT2D eigenvalue weighted by molar-refractivity contribution is 0.301. The molecule has 0 bridgehead atoms. The number of pyridine rings is 1. The van der Waals surface area contributed by atoms with Crippen LogP contribution in [0.5, 0.6) is 5.75 Å². The Kier molecular flexibility index (Phi) is 6.04. The molecule has 3 rings (SSSR count). The second kappa shape index (κ2) is 8.65. The Bertz CT molecular complexity index is 821. The first-order valence-electron chi connectivity index (χ1n) is 8.28. The molecule has 0 aliphatic rings. The van der Waals surface area contributed by atoms with E-state index < -0.39 is 0 Å². The van der Waals surface area contributed by atoms with Gasteiger partial charge in [-0.05, 0) is 53.9 Å². The van der Waals surface area contributed by atoms with Gasteiger partial charge >= 0.3 is 0 Å². The predicted molar refractivity (Wildman–Crippen MR) is 102 cm³/mol. The van der Waals surface area contributed by atoms with Crippen LogP contribution in [-0.2, 0) is 19.7 Å². The summed E-state index contributed by atoms with van der Waals surface area (Å²) in [6, 6.07) is 18.0. The minimum absolute atomic E-state index is 0.547. The van der Waals surface area contributed by atoms with Crippen LogP contribution in [0.4, 0.5) is 0 Å². The van der Waals surface area contributed by atoms with Gasteiger partial charge in [0.05, 0.1) is 0 Å². The van der Waals surface area contributed by atoms with Crippen molar-refractivity contribution in [1.29, 1.82) is 0 Å². The molecule has 1 N–H and O–H groups in total. The smallest absolute Gasteiger partial charge is 0.124 e. The second-order valence-electron chi connectivity index (χ2n) is 5.93. The van der Waals surface area contributed by atoms with Crippen LogP contribution < -0.4 is 10.1 Å². The molecule has 0 aliphatic heterocycles. The third-order valence-electron chi connectivity index (χ3n) is 4.06. The fourth-order valence-corrected chi connectivity index (χ4v) is 2.79. The molecule has 0 amide bonds. The van der Waals surface area contributed by atoms with Gasteiger partial charge in [0.2, 0.25) is 0 Å². The van der Waals surface area contributed by atoms with Crippen molar-refractivity contribution in [3.05, 3.63) is 94.3 Å². The average Bonchev–Trinajstić information content (AvgIpc) is 2.63. The van der Waals surface area contributed by atoms with Crippen LogP contribution in [0.2, 0.25) is 5.02 Å². The van der Waals surface area contributed by atoms with E-state index in [0.717, 1.165) is 17.9 Å². The first-order valence-corrected chi connectivity index (χ1v) is 8.65. The molecule has 0 atom stereocenters. The number of aryl methyl sites for hydroxylation is 1. The van der Waals surface area contributed by atoms with E-state index in [0.29, 0.717) is 18.2 Å². The van der Waals surface area contributed by atoms with Gasteiger partial charge in [-0.2, -0.15) is 0 Å². The molecule has 2 aromatic carbocycles. The maximum atomic E-state index is 6.16. The molecule has 1 aromatic heterocycles. The van der Waals surface area contributed by atoms with Gasteiger partial charge < -0.3 is 10.1 Å². The van der Waals surface area contributed by atoms with Crippen LogP contribution in [0.3, 0.4) is 0 Å². The summed E-state index contributed by atoms with van der Waals surface area (Å²) in [5.74, 6) is 0.856. The van der Waals surface area contributed by atoms with Crippen molar-refractivity contribution in [2.24, 2.45) is 0 Å². The molecule has 1 heterocycles. The summed E-state index contributed by atoms with van der Waals surface area (Å²) in [6.07, 6.45) is 3.60. The van der Waals surface area contributed by atoms with Gasteiger partial charge in [-0.15, -0.1) is 0 Å². The molecule has 0 fully saturated rings. The van der Waals surface area contributed by atoms with E-state index in [4.69, 9.17) is 16.3 Å². The molecule has 0 spiro atoms. The SMILES string of the molecule is Cc1ccccc1COc1ccc(Cl)cc1CNCc1ccncc1. The molecule has 3 nitrogen and oxygen atoms in total. The lowest BCUT2D eigenvalue weighted by atomic mass is 10.1. The molecule has 0 unspecified atom stereocenters. The molecule has 0 saturated heterocycles. The number of rotatable bonds is 7. The van der Waals surface area contributed by atoms with Gasteiger partial charge in [-0.3, -0.25) is 4.98 Å². The first kappa shape index (κ1) is 17.5. The fourth-order valence-electron chi connectivity index (χ4n) is 2.60. The molecular formula is C21H21ClN2O. The third-order valence-corrected chi connectivity index (χ3v) is 4.30. The lowest BCUT2D eigenvalue weighted by Crippen LogP contribution is -2.13.